The molecule has 2 rings (SSSR count). The maximum Gasteiger partial charge on any atom is 0.197 e. The standard InChI is InChI=1S/C14H17ClN2O/c1-3-10-4-5-11(17-9-10)8-13(16-2)12-6-7-18-14(12)15/h4-7,9,13,16H,3,8H2,1-2H3. The van der Waals surface area contributed by atoms with Gasteiger partial charge in [-0.25, -0.2) is 0 Å². The molecule has 2 aromatic heterocycles. The summed E-state index contributed by atoms with van der Waals surface area (Å²) in [6, 6.07) is 6.20. The summed E-state index contributed by atoms with van der Waals surface area (Å²) in [4.78, 5) is 4.46. The Labute approximate surface area is 112 Å². The topological polar surface area (TPSA) is 38.1 Å². The molecule has 0 radical (unpaired) electrons. The molecule has 0 aliphatic rings. The Morgan fingerprint density at radius 3 is 2.72 bits per heavy atom. The Bertz CT molecular complexity index is 493. The fourth-order valence-corrected chi connectivity index (χ4v) is 2.16. The van der Waals surface area contributed by atoms with Crippen LogP contribution in [0.4, 0.5) is 0 Å². The first kappa shape index (κ1) is 13.1. The molecule has 0 aliphatic carbocycles. The molecule has 2 heterocycles. The number of hydrogen-bond acceptors (Lipinski definition) is 3. The first-order chi connectivity index (χ1) is 8.74. The number of likely N-dealkylation sites (N-methyl/N-ethyl adjacent to an activating group) is 1. The van der Waals surface area contributed by atoms with E-state index in [1.54, 1.807) is 6.26 Å². The van der Waals surface area contributed by atoms with Gasteiger partial charge in [-0.05, 0) is 42.8 Å². The van der Waals surface area contributed by atoms with Crippen LogP contribution in [0.1, 0.15) is 29.8 Å². The van der Waals surface area contributed by atoms with Gasteiger partial charge in [-0.1, -0.05) is 13.0 Å². The highest BCUT2D eigenvalue weighted by molar-refractivity contribution is 6.29. The Kier molecular flexibility index (Phi) is 4.39. The number of rotatable bonds is 5. The monoisotopic (exact) mass is 264 g/mol. The van der Waals surface area contributed by atoms with E-state index in [1.165, 1.54) is 5.56 Å². The molecule has 1 N–H and O–H groups in total. The number of nitrogens with one attached hydrogen (secondary N) is 1. The van der Waals surface area contributed by atoms with Gasteiger partial charge in [0.05, 0.1) is 6.26 Å². The normalized spacial score (nSPS) is 12.6. The lowest BCUT2D eigenvalue weighted by Gasteiger charge is -2.14. The van der Waals surface area contributed by atoms with Crippen molar-refractivity contribution >= 4 is 11.6 Å². The van der Waals surface area contributed by atoms with E-state index < -0.39 is 0 Å². The van der Waals surface area contributed by atoms with Gasteiger partial charge in [-0.2, -0.15) is 0 Å². The maximum absolute atomic E-state index is 6.00. The fraction of sp³-hybridized carbons (Fsp3) is 0.357. The number of nitrogens with zero attached hydrogens (tertiary/aromatic N) is 1. The molecule has 3 nitrogen and oxygen atoms in total. The molecular weight excluding hydrogens is 248 g/mol. The summed E-state index contributed by atoms with van der Waals surface area (Å²) in [5.74, 6) is 0. The lowest BCUT2D eigenvalue weighted by Crippen LogP contribution is -2.19. The van der Waals surface area contributed by atoms with Crippen LogP contribution in [-0.4, -0.2) is 12.0 Å². The highest BCUT2D eigenvalue weighted by Crippen LogP contribution is 2.26. The number of furan rings is 1. The van der Waals surface area contributed by atoms with Crippen molar-refractivity contribution in [1.29, 1.82) is 0 Å². The summed E-state index contributed by atoms with van der Waals surface area (Å²) in [5, 5.41) is 3.68. The van der Waals surface area contributed by atoms with E-state index >= 15 is 0 Å². The van der Waals surface area contributed by atoms with E-state index in [2.05, 4.69) is 29.4 Å². The van der Waals surface area contributed by atoms with E-state index in [-0.39, 0.29) is 6.04 Å². The van der Waals surface area contributed by atoms with Gasteiger partial charge in [0.15, 0.2) is 5.22 Å². The number of aromatic nitrogens is 1. The molecular formula is C14H17ClN2O. The van der Waals surface area contributed by atoms with Crippen molar-refractivity contribution < 1.29 is 4.42 Å². The molecule has 18 heavy (non-hydrogen) atoms. The van der Waals surface area contributed by atoms with Crippen molar-refractivity contribution in [1.82, 2.24) is 10.3 Å². The second-order valence-electron chi connectivity index (χ2n) is 4.21. The minimum Gasteiger partial charge on any atom is -0.453 e. The summed E-state index contributed by atoms with van der Waals surface area (Å²) >= 11 is 6.00. The van der Waals surface area contributed by atoms with Crippen molar-refractivity contribution in [2.75, 3.05) is 7.05 Å². The first-order valence-electron chi connectivity index (χ1n) is 6.08. The molecule has 0 fully saturated rings. The van der Waals surface area contributed by atoms with Crippen LogP contribution in [0.2, 0.25) is 5.22 Å². The minimum absolute atomic E-state index is 0.122. The van der Waals surface area contributed by atoms with Crippen molar-refractivity contribution in [2.24, 2.45) is 0 Å². The van der Waals surface area contributed by atoms with Gasteiger partial charge < -0.3 is 9.73 Å². The van der Waals surface area contributed by atoms with E-state index in [9.17, 15) is 0 Å². The molecule has 4 heteroatoms. The number of halogens is 1. The lowest BCUT2D eigenvalue weighted by molar-refractivity contribution is 0.542. The molecule has 2 aromatic rings. The Morgan fingerprint density at radius 1 is 1.39 bits per heavy atom. The van der Waals surface area contributed by atoms with Crippen LogP contribution in [0.5, 0.6) is 0 Å². The summed E-state index contributed by atoms with van der Waals surface area (Å²) < 4.78 is 5.13. The third kappa shape index (κ3) is 2.92. The second-order valence-corrected chi connectivity index (χ2v) is 4.55. The second kappa shape index (κ2) is 6.03. The number of aryl methyl sites for hydroxylation is 1. The van der Waals surface area contributed by atoms with E-state index in [4.69, 9.17) is 16.0 Å². The number of pyridine rings is 1. The van der Waals surface area contributed by atoms with Gasteiger partial charge in [0.2, 0.25) is 0 Å². The van der Waals surface area contributed by atoms with E-state index in [0.29, 0.717) is 5.22 Å². The van der Waals surface area contributed by atoms with Crippen molar-refractivity contribution in [3.05, 3.63) is 52.7 Å². The van der Waals surface area contributed by atoms with Gasteiger partial charge >= 0.3 is 0 Å². The maximum atomic E-state index is 6.00. The smallest absolute Gasteiger partial charge is 0.197 e. The lowest BCUT2D eigenvalue weighted by atomic mass is 10.0. The predicted octanol–water partition coefficient (Wildman–Crippen LogP) is 3.39. The zero-order valence-corrected chi connectivity index (χ0v) is 11.4. The Hall–Kier alpha value is -1.32. The SMILES string of the molecule is CCc1ccc(CC(NC)c2ccoc2Cl)nc1. The van der Waals surface area contributed by atoms with E-state index in [0.717, 1.165) is 24.1 Å². The molecule has 96 valence electrons. The summed E-state index contributed by atoms with van der Waals surface area (Å²) in [6.45, 7) is 2.12. The van der Waals surface area contributed by atoms with E-state index in [1.807, 2.05) is 19.3 Å². The summed E-state index contributed by atoms with van der Waals surface area (Å²) in [6.07, 6.45) is 5.34. The molecule has 0 saturated heterocycles. The van der Waals surface area contributed by atoms with Gasteiger partial charge in [-0.15, -0.1) is 0 Å². The van der Waals surface area contributed by atoms with Crippen LogP contribution < -0.4 is 5.32 Å². The average Bonchev–Trinajstić information content (AvgIpc) is 2.83. The van der Waals surface area contributed by atoms with Crippen LogP contribution in [0.3, 0.4) is 0 Å². The summed E-state index contributed by atoms with van der Waals surface area (Å²) in [7, 11) is 1.91. The van der Waals surface area contributed by atoms with Gasteiger partial charge in [0, 0.05) is 29.9 Å². The zero-order chi connectivity index (χ0) is 13.0. The molecule has 0 amide bonds. The average molecular weight is 265 g/mol. The predicted molar refractivity (Wildman–Crippen MR) is 72.8 cm³/mol. The van der Waals surface area contributed by atoms with Crippen molar-refractivity contribution in [3.8, 4) is 0 Å². The Morgan fingerprint density at radius 2 is 2.22 bits per heavy atom. The van der Waals surface area contributed by atoms with Crippen LogP contribution in [0, 0.1) is 0 Å². The Balaban J connectivity index is 2.13. The van der Waals surface area contributed by atoms with Crippen molar-refractivity contribution in [3.63, 3.8) is 0 Å². The third-order valence-electron chi connectivity index (χ3n) is 3.08. The molecule has 0 aromatic carbocycles. The molecule has 0 aliphatic heterocycles. The van der Waals surface area contributed by atoms with Crippen LogP contribution in [0.15, 0.2) is 35.1 Å². The first-order valence-corrected chi connectivity index (χ1v) is 6.46. The number of hydrogen-bond donors (Lipinski definition) is 1. The largest absolute Gasteiger partial charge is 0.453 e. The zero-order valence-electron chi connectivity index (χ0n) is 10.6. The third-order valence-corrected chi connectivity index (χ3v) is 3.38. The highest BCUT2D eigenvalue weighted by Gasteiger charge is 2.16. The fourth-order valence-electron chi connectivity index (χ4n) is 1.92. The van der Waals surface area contributed by atoms with Crippen molar-refractivity contribution in [2.45, 2.75) is 25.8 Å². The molecule has 1 atom stereocenters. The van der Waals surface area contributed by atoms with Gasteiger partial charge in [-0.3, -0.25) is 4.98 Å². The molecule has 0 bridgehead atoms. The molecule has 1 unspecified atom stereocenters. The quantitative estimate of drug-likeness (QED) is 0.900. The minimum atomic E-state index is 0.122. The summed E-state index contributed by atoms with van der Waals surface area (Å²) in [5.41, 5.74) is 3.27. The van der Waals surface area contributed by atoms with Gasteiger partial charge in [0.1, 0.15) is 0 Å². The molecule has 0 spiro atoms. The van der Waals surface area contributed by atoms with Crippen LogP contribution in [-0.2, 0) is 12.8 Å². The molecule has 0 saturated carbocycles. The van der Waals surface area contributed by atoms with Gasteiger partial charge in [0.25, 0.3) is 0 Å². The van der Waals surface area contributed by atoms with Crippen LogP contribution >= 0.6 is 11.6 Å². The highest BCUT2D eigenvalue weighted by atomic mass is 35.5. The van der Waals surface area contributed by atoms with Crippen LogP contribution in [0.25, 0.3) is 0 Å².